The molecule has 1 aliphatic heterocycles. The third-order valence-corrected chi connectivity index (χ3v) is 2.21. The molecule has 1 N–H and O–H groups in total. The topological polar surface area (TPSA) is 34.0 Å². The van der Waals surface area contributed by atoms with E-state index in [1.807, 2.05) is 13.8 Å². The van der Waals surface area contributed by atoms with Crippen molar-refractivity contribution in [1.29, 1.82) is 0 Å². The van der Waals surface area contributed by atoms with E-state index in [1.54, 1.807) is 4.90 Å². The molecule has 0 aliphatic carbocycles. The molecule has 1 heterocycles. The molecule has 0 atom stereocenters. The van der Waals surface area contributed by atoms with E-state index in [0.717, 1.165) is 26.2 Å². The third kappa shape index (κ3) is 3.22. The van der Waals surface area contributed by atoms with Crippen LogP contribution in [0.2, 0.25) is 0 Å². The van der Waals surface area contributed by atoms with Gasteiger partial charge in [-0.1, -0.05) is 0 Å². The summed E-state index contributed by atoms with van der Waals surface area (Å²) in [5, 5.41) is 0. The van der Waals surface area contributed by atoms with E-state index in [9.17, 15) is 4.79 Å². The number of rotatable bonds is 1. The predicted octanol–water partition coefficient (Wildman–Crippen LogP) is -0.638. The van der Waals surface area contributed by atoms with E-state index in [4.69, 9.17) is 4.74 Å². The van der Waals surface area contributed by atoms with Gasteiger partial charge in [-0.05, 0) is 13.8 Å². The molecule has 0 bridgehead atoms. The van der Waals surface area contributed by atoms with Crippen LogP contribution >= 0.6 is 0 Å². The zero-order chi connectivity index (χ0) is 9.84. The number of amides is 1. The van der Waals surface area contributed by atoms with Crippen molar-refractivity contribution in [3.63, 3.8) is 0 Å². The van der Waals surface area contributed by atoms with Gasteiger partial charge in [0.15, 0.2) is 0 Å². The van der Waals surface area contributed by atoms with Crippen LogP contribution in [-0.4, -0.2) is 50.3 Å². The van der Waals surface area contributed by atoms with Crippen molar-refractivity contribution in [3.05, 3.63) is 0 Å². The number of ether oxygens (including phenoxy) is 1. The Morgan fingerprint density at radius 3 is 2.38 bits per heavy atom. The molecule has 4 nitrogen and oxygen atoms in total. The molecule has 1 saturated heterocycles. The van der Waals surface area contributed by atoms with Crippen LogP contribution in [0, 0.1) is 0 Å². The van der Waals surface area contributed by atoms with Gasteiger partial charge in [0, 0.05) is 0 Å². The lowest BCUT2D eigenvalue weighted by molar-refractivity contribution is -0.883. The number of nitrogens with zero attached hydrogens (tertiary/aromatic N) is 1. The van der Waals surface area contributed by atoms with Gasteiger partial charge in [0.1, 0.15) is 0 Å². The maximum absolute atomic E-state index is 11.4. The van der Waals surface area contributed by atoms with Gasteiger partial charge in [0.25, 0.3) is 0 Å². The molecule has 0 unspecified atom stereocenters. The van der Waals surface area contributed by atoms with Gasteiger partial charge in [-0.2, -0.15) is 0 Å². The standard InChI is InChI=1S/C9H18N2O2/c1-8(2)13-9(12)11-6-4-10(3)5-7-11/h8H,4-7H2,1-3H3/p+1. The number of quaternary nitrogens is 1. The predicted molar refractivity (Wildman–Crippen MR) is 49.8 cm³/mol. The lowest BCUT2D eigenvalue weighted by Crippen LogP contribution is -3.12. The quantitative estimate of drug-likeness (QED) is 0.592. The maximum atomic E-state index is 11.4. The number of carbonyl (C=O) groups is 1. The van der Waals surface area contributed by atoms with Crippen LogP contribution in [0.3, 0.4) is 0 Å². The number of likely N-dealkylation sites (N-methyl/N-ethyl adjacent to an activating group) is 1. The highest BCUT2D eigenvalue weighted by molar-refractivity contribution is 5.67. The fourth-order valence-corrected chi connectivity index (χ4v) is 1.35. The third-order valence-electron chi connectivity index (χ3n) is 2.21. The minimum Gasteiger partial charge on any atom is -0.447 e. The highest BCUT2D eigenvalue weighted by Crippen LogP contribution is 1.98. The number of nitrogens with one attached hydrogen (secondary N) is 1. The summed E-state index contributed by atoms with van der Waals surface area (Å²) >= 11 is 0. The van der Waals surface area contributed by atoms with Crippen LogP contribution in [0.15, 0.2) is 0 Å². The van der Waals surface area contributed by atoms with Crippen molar-refractivity contribution in [3.8, 4) is 0 Å². The number of hydrogen-bond donors (Lipinski definition) is 1. The molecule has 0 aromatic carbocycles. The van der Waals surface area contributed by atoms with Crippen LogP contribution in [0.1, 0.15) is 13.8 Å². The van der Waals surface area contributed by atoms with Crippen LogP contribution in [0.4, 0.5) is 4.79 Å². The number of hydrogen-bond acceptors (Lipinski definition) is 2. The van der Waals surface area contributed by atoms with Crippen molar-refractivity contribution in [2.24, 2.45) is 0 Å². The van der Waals surface area contributed by atoms with Crippen LogP contribution < -0.4 is 4.90 Å². The Hall–Kier alpha value is -0.770. The van der Waals surface area contributed by atoms with Crippen molar-refractivity contribution in [2.45, 2.75) is 20.0 Å². The van der Waals surface area contributed by atoms with E-state index in [2.05, 4.69) is 7.05 Å². The second-order valence-corrected chi connectivity index (χ2v) is 3.88. The zero-order valence-electron chi connectivity index (χ0n) is 8.67. The minimum atomic E-state index is -0.164. The van der Waals surface area contributed by atoms with E-state index < -0.39 is 0 Å². The van der Waals surface area contributed by atoms with Crippen molar-refractivity contribution in [2.75, 3.05) is 33.2 Å². The molecule has 4 heteroatoms. The van der Waals surface area contributed by atoms with Crippen LogP contribution in [0.5, 0.6) is 0 Å². The molecule has 0 saturated carbocycles. The van der Waals surface area contributed by atoms with E-state index in [1.165, 1.54) is 4.90 Å². The fourth-order valence-electron chi connectivity index (χ4n) is 1.35. The second-order valence-electron chi connectivity index (χ2n) is 3.88. The number of piperazine rings is 1. The Kier molecular flexibility index (Phi) is 3.54. The van der Waals surface area contributed by atoms with Gasteiger partial charge >= 0.3 is 6.09 Å². The Morgan fingerprint density at radius 2 is 1.92 bits per heavy atom. The number of carbonyl (C=O) groups excluding carboxylic acids is 1. The fraction of sp³-hybridized carbons (Fsp3) is 0.889. The monoisotopic (exact) mass is 187 g/mol. The Bertz CT molecular complexity index is 174. The maximum Gasteiger partial charge on any atom is 0.410 e. The van der Waals surface area contributed by atoms with E-state index in [0.29, 0.717) is 0 Å². The Balaban J connectivity index is 2.31. The molecular formula is C9H19N2O2+. The van der Waals surface area contributed by atoms with Gasteiger partial charge in [-0.25, -0.2) is 4.79 Å². The SMILES string of the molecule is CC(C)OC(=O)N1CC[NH+](C)CC1. The summed E-state index contributed by atoms with van der Waals surface area (Å²) in [6, 6.07) is 0. The summed E-state index contributed by atoms with van der Waals surface area (Å²) in [5.74, 6) is 0. The van der Waals surface area contributed by atoms with Crippen molar-refractivity contribution < 1.29 is 14.4 Å². The average Bonchev–Trinajstić information content (AvgIpc) is 2.04. The lowest BCUT2D eigenvalue weighted by atomic mass is 10.3. The van der Waals surface area contributed by atoms with Gasteiger partial charge < -0.3 is 9.64 Å². The molecule has 1 amide bonds. The molecule has 1 rings (SSSR count). The first kappa shape index (κ1) is 10.3. The first-order chi connectivity index (χ1) is 6.09. The molecule has 1 fully saturated rings. The molecular weight excluding hydrogens is 168 g/mol. The summed E-state index contributed by atoms with van der Waals surface area (Å²) in [6.45, 7) is 7.42. The second kappa shape index (κ2) is 4.46. The first-order valence-electron chi connectivity index (χ1n) is 4.86. The normalized spacial score (nSPS) is 19.2. The van der Waals surface area contributed by atoms with E-state index >= 15 is 0 Å². The van der Waals surface area contributed by atoms with E-state index in [-0.39, 0.29) is 12.2 Å². The van der Waals surface area contributed by atoms with Gasteiger partial charge in [0.2, 0.25) is 0 Å². The van der Waals surface area contributed by atoms with Crippen molar-refractivity contribution >= 4 is 6.09 Å². The van der Waals surface area contributed by atoms with Gasteiger partial charge in [-0.3, -0.25) is 4.90 Å². The van der Waals surface area contributed by atoms with Crippen molar-refractivity contribution in [1.82, 2.24) is 4.90 Å². The highest BCUT2D eigenvalue weighted by Gasteiger charge is 2.22. The molecule has 76 valence electrons. The zero-order valence-corrected chi connectivity index (χ0v) is 8.67. The highest BCUT2D eigenvalue weighted by atomic mass is 16.6. The summed E-state index contributed by atoms with van der Waals surface area (Å²) in [4.78, 5) is 14.7. The summed E-state index contributed by atoms with van der Waals surface area (Å²) in [6.07, 6.45) is -0.179. The summed E-state index contributed by atoms with van der Waals surface area (Å²) in [5.41, 5.74) is 0. The minimum absolute atomic E-state index is 0.0143. The smallest absolute Gasteiger partial charge is 0.410 e. The largest absolute Gasteiger partial charge is 0.447 e. The van der Waals surface area contributed by atoms with Gasteiger partial charge in [0.05, 0.1) is 39.3 Å². The molecule has 0 spiro atoms. The molecule has 13 heavy (non-hydrogen) atoms. The first-order valence-corrected chi connectivity index (χ1v) is 4.86. The summed E-state index contributed by atoms with van der Waals surface area (Å²) in [7, 11) is 2.14. The van der Waals surface area contributed by atoms with Crippen LogP contribution in [0.25, 0.3) is 0 Å². The van der Waals surface area contributed by atoms with Crippen LogP contribution in [-0.2, 0) is 4.74 Å². The average molecular weight is 187 g/mol. The molecule has 0 aromatic rings. The Morgan fingerprint density at radius 1 is 1.38 bits per heavy atom. The molecule has 1 aliphatic rings. The molecule has 0 aromatic heterocycles. The summed E-state index contributed by atoms with van der Waals surface area (Å²) < 4.78 is 5.10. The Labute approximate surface area is 79.4 Å². The lowest BCUT2D eigenvalue weighted by Gasteiger charge is -2.29. The molecule has 0 radical (unpaired) electrons. The van der Waals surface area contributed by atoms with Gasteiger partial charge in [-0.15, -0.1) is 0 Å².